The van der Waals surface area contributed by atoms with Crippen LogP contribution in [0.3, 0.4) is 0 Å². The number of rotatable bonds is 6. The topological polar surface area (TPSA) is 55.1 Å². The molecule has 0 saturated heterocycles. The molecule has 0 bridgehead atoms. The van der Waals surface area contributed by atoms with E-state index in [1.54, 1.807) is 0 Å². The van der Waals surface area contributed by atoms with Crippen molar-refractivity contribution in [2.45, 2.75) is 46.0 Å². The van der Waals surface area contributed by atoms with E-state index in [1.165, 1.54) is 12.8 Å². The van der Waals surface area contributed by atoms with E-state index in [4.69, 9.17) is 5.73 Å². The molecule has 3 heteroatoms. The lowest BCUT2D eigenvalue weighted by Crippen LogP contribution is -2.40. The number of hydrogen-bond donors (Lipinski definition) is 2. The number of nitrogens with one attached hydrogen (secondary N) is 1. The monoisotopic (exact) mass is 238 g/mol. The van der Waals surface area contributed by atoms with Crippen molar-refractivity contribution in [3.05, 3.63) is 12.2 Å². The Labute approximate surface area is 105 Å². The maximum atomic E-state index is 12.3. The van der Waals surface area contributed by atoms with Crippen molar-refractivity contribution in [1.82, 2.24) is 5.32 Å². The molecular weight excluding hydrogens is 212 g/mol. The van der Waals surface area contributed by atoms with Crippen LogP contribution in [-0.4, -0.2) is 19.0 Å². The lowest BCUT2D eigenvalue weighted by molar-refractivity contribution is -0.131. The van der Waals surface area contributed by atoms with Gasteiger partial charge in [-0.2, -0.15) is 0 Å². The minimum Gasteiger partial charge on any atom is -0.352 e. The largest absolute Gasteiger partial charge is 0.352 e. The smallest absolute Gasteiger partial charge is 0.226 e. The molecule has 0 atom stereocenters. The molecule has 1 aliphatic carbocycles. The predicted molar refractivity (Wildman–Crippen MR) is 71.6 cm³/mol. The van der Waals surface area contributed by atoms with E-state index in [2.05, 4.69) is 19.2 Å². The van der Waals surface area contributed by atoms with Gasteiger partial charge in [0.2, 0.25) is 5.91 Å². The maximum absolute atomic E-state index is 12.3. The van der Waals surface area contributed by atoms with Crippen LogP contribution in [0.25, 0.3) is 0 Å². The van der Waals surface area contributed by atoms with Gasteiger partial charge in [0.15, 0.2) is 0 Å². The molecule has 1 fully saturated rings. The summed E-state index contributed by atoms with van der Waals surface area (Å²) in [6.07, 6.45) is 9.31. The summed E-state index contributed by atoms with van der Waals surface area (Å²) in [6, 6.07) is 0. The molecule has 0 aromatic heterocycles. The minimum absolute atomic E-state index is 0.0925. The summed E-state index contributed by atoms with van der Waals surface area (Å²) in [5, 5.41) is 3.02. The molecule has 0 aromatic rings. The molecule has 0 radical (unpaired) electrons. The van der Waals surface area contributed by atoms with Crippen molar-refractivity contribution in [2.75, 3.05) is 13.1 Å². The molecule has 0 spiro atoms. The SMILES string of the molecule is CC(C)CC1(C(=O)NC/C=C/CN)CCCC1. The van der Waals surface area contributed by atoms with E-state index in [-0.39, 0.29) is 11.3 Å². The second-order valence-corrected chi connectivity index (χ2v) is 5.50. The standard InChI is InChI=1S/C14H26N2O/c1-12(2)11-14(7-3-4-8-14)13(17)16-10-6-5-9-15/h5-6,12H,3-4,7-11,15H2,1-2H3,(H,16,17)/b6-5+. The molecule has 0 heterocycles. The molecule has 98 valence electrons. The molecule has 1 aliphatic rings. The van der Waals surface area contributed by atoms with E-state index in [9.17, 15) is 4.79 Å². The zero-order valence-electron chi connectivity index (χ0n) is 11.2. The van der Waals surface area contributed by atoms with Gasteiger partial charge in [-0.25, -0.2) is 0 Å². The number of nitrogens with two attached hydrogens (primary N) is 1. The van der Waals surface area contributed by atoms with E-state index in [0.717, 1.165) is 19.3 Å². The third-order valence-corrected chi connectivity index (χ3v) is 3.52. The van der Waals surface area contributed by atoms with Gasteiger partial charge in [0, 0.05) is 18.5 Å². The molecule has 3 nitrogen and oxygen atoms in total. The number of carbonyl (C=O) groups is 1. The Morgan fingerprint density at radius 3 is 2.53 bits per heavy atom. The number of carbonyl (C=O) groups excluding carboxylic acids is 1. The third-order valence-electron chi connectivity index (χ3n) is 3.52. The summed E-state index contributed by atoms with van der Waals surface area (Å²) in [5.74, 6) is 0.823. The number of amides is 1. The van der Waals surface area contributed by atoms with Crippen LogP contribution >= 0.6 is 0 Å². The van der Waals surface area contributed by atoms with Crippen LogP contribution in [0.4, 0.5) is 0 Å². The summed E-state index contributed by atoms with van der Waals surface area (Å²) in [6.45, 7) is 5.53. The first-order chi connectivity index (χ1) is 8.10. The Kier molecular flexibility index (Phi) is 5.69. The Hall–Kier alpha value is -0.830. The first-order valence-electron chi connectivity index (χ1n) is 6.74. The quantitative estimate of drug-likeness (QED) is 0.697. The first kappa shape index (κ1) is 14.2. The van der Waals surface area contributed by atoms with Crippen LogP contribution in [0, 0.1) is 11.3 Å². The fourth-order valence-corrected chi connectivity index (χ4v) is 2.88. The molecule has 1 amide bonds. The highest BCUT2D eigenvalue weighted by molar-refractivity contribution is 5.83. The van der Waals surface area contributed by atoms with Gasteiger partial charge >= 0.3 is 0 Å². The molecule has 1 rings (SSSR count). The summed E-state index contributed by atoms with van der Waals surface area (Å²) in [7, 11) is 0. The lowest BCUT2D eigenvalue weighted by atomic mass is 9.77. The normalized spacial score (nSPS) is 19.1. The van der Waals surface area contributed by atoms with E-state index < -0.39 is 0 Å². The predicted octanol–water partition coefficient (Wildman–Crippen LogP) is 2.22. The summed E-state index contributed by atoms with van der Waals surface area (Å²) in [5.41, 5.74) is 5.27. The van der Waals surface area contributed by atoms with Gasteiger partial charge in [-0.3, -0.25) is 4.79 Å². The van der Waals surface area contributed by atoms with E-state index >= 15 is 0 Å². The number of hydrogen-bond acceptors (Lipinski definition) is 2. The van der Waals surface area contributed by atoms with Crippen LogP contribution < -0.4 is 11.1 Å². The van der Waals surface area contributed by atoms with E-state index in [1.807, 2.05) is 12.2 Å². The molecular formula is C14H26N2O. The van der Waals surface area contributed by atoms with Crippen molar-refractivity contribution < 1.29 is 4.79 Å². The lowest BCUT2D eigenvalue weighted by Gasteiger charge is -2.29. The Balaban J connectivity index is 2.52. The molecule has 0 unspecified atom stereocenters. The maximum Gasteiger partial charge on any atom is 0.226 e. The summed E-state index contributed by atoms with van der Waals surface area (Å²) in [4.78, 5) is 12.3. The average molecular weight is 238 g/mol. The van der Waals surface area contributed by atoms with Crippen molar-refractivity contribution in [2.24, 2.45) is 17.1 Å². The van der Waals surface area contributed by atoms with Gasteiger partial charge in [-0.1, -0.05) is 38.8 Å². The molecule has 17 heavy (non-hydrogen) atoms. The van der Waals surface area contributed by atoms with Crippen LogP contribution in [0.1, 0.15) is 46.0 Å². The highest BCUT2D eigenvalue weighted by Crippen LogP contribution is 2.43. The Bertz CT molecular complexity index is 265. The van der Waals surface area contributed by atoms with Crippen LogP contribution in [0.5, 0.6) is 0 Å². The fourth-order valence-electron chi connectivity index (χ4n) is 2.88. The molecule has 1 saturated carbocycles. The van der Waals surface area contributed by atoms with Crippen molar-refractivity contribution in [1.29, 1.82) is 0 Å². The second kappa shape index (κ2) is 6.80. The third kappa shape index (κ3) is 4.15. The highest BCUT2D eigenvalue weighted by Gasteiger charge is 2.40. The van der Waals surface area contributed by atoms with E-state index in [0.29, 0.717) is 19.0 Å². The molecule has 0 aromatic carbocycles. The van der Waals surface area contributed by atoms with Gasteiger partial charge in [0.05, 0.1) is 0 Å². The summed E-state index contributed by atoms with van der Waals surface area (Å²) >= 11 is 0. The Morgan fingerprint density at radius 1 is 1.35 bits per heavy atom. The van der Waals surface area contributed by atoms with Crippen molar-refractivity contribution in [3.63, 3.8) is 0 Å². The zero-order valence-corrected chi connectivity index (χ0v) is 11.2. The van der Waals surface area contributed by atoms with Gasteiger partial charge < -0.3 is 11.1 Å². The van der Waals surface area contributed by atoms with Gasteiger partial charge in [-0.15, -0.1) is 0 Å². The summed E-state index contributed by atoms with van der Waals surface area (Å²) < 4.78 is 0. The molecule has 3 N–H and O–H groups in total. The van der Waals surface area contributed by atoms with Crippen molar-refractivity contribution >= 4 is 5.91 Å². The van der Waals surface area contributed by atoms with Crippen LogP contribution in [-0.2, 0) is 4.79 Å². The van der Waals surface area contributed by atoms with Crippen LogP contribution in [0.15, 0.2) is 12.2 Å². The molecule has 0 aliphatic heterocycles. The zero-order chi connectivity index (χ0) is 12.7. The average Bonchev–Trinajstić information content (AvgIpc) is 2.73. The fraction of sp³-hybridized carbons (Fsp3) is 0.786. The second-order valence-electron chi connectivity index (χ2n) is 5.50. The van der Waals surface area contributed by atoms with Crippen molar-refractivity contribution in [3.8, 4) is 0 Å². The van der Waals surface area contributed by atoms with Gasteiger partial charge in [-0.05, 0) is 25.2 Å². The van der Waals surface area contributed by atoms with Gasteiger partial charge in [0.25, 0.3) is 0 Å². The first-order valence-corrected chi connectivity index (χ1v) is 6.74. The van der Waals surface area contributed by atoms with Gasteiger partial charge in [0.1, 0.15) is 0 Å². The minimum atomic E-state index is -0.0925. The van der Waals surface area contributed by atoms with Crippen LogP contribution in [0.2, 0.25) is 0 Å². The highest BCUT2D eigenvalue weighted by atomic mass is 16.2. The Morgan fingerprint density at radius 2 is 2.00 bits per heavy atom.